The number of imidazole rings is 1. The van der Waals surface area contributed by atoms with Crippen molar-refractivity contribution in [1.82, 2.24) is 4.57 Å². The summed E-state index contributed by atoms with van der Waals surface area (Å²) in [6, 6.07) is 15.2. The molecule has 0 aliphatic heterocycles. The topological polar surface area (TPSA) is 61.1 Å². The van der Waals surface area contributed by atoms with Crippen LogP contribution in [0.5, 0.6) is 5.75 Å². The molecule has 5 nitrogen and oxygen atoms in total. The predicted molar refractivity (Wildman–Crippen MR) is 105 cm³/mol. The molecule has 0 radical (unpaired) electrons. The molecule has 0 aliphatic rings. The van der Waals surface area contributed by atoms with E-state index >= 15 is 0 Å². The van der Waals surface area contributed by atoms with Gasteiger partial charge in [-0.25, -0.2) is 9.13 Å². The van der Waals surface area contributed by atoms with Gasteiger partial charge in [0.05, 0.1) is 13.7 Å². The van der Waals surface area contributed by atoms with Gasteiger partial charge in [-0.05, 0) is 43.3 Å². The second-order valence-corrected chi connectivity index (χ2v) is 6.86. The van der Waals surface area contributed by atoms with Crippen molar-refractivity contribution in [3.8, 4) is 17.0 Å². The first-order chi connectivity index (χ1) is 12.5. The minimum Gasteiger partial charge on any atom is -1.00 e. The van der Waals surface area contributed by atoms with E-state index in [-0.39, 0.29) is 29.3 Å². The van der Waals surface area contributed by atoms with Gasteiger partial charge in [-0.3, -0.25) is 10.5 Å². The number of ketones is 1. The molecule has 1 heterocycles. The average molecular weight is 495 g/mol. The number of aromatic nitrogens is 2. The van der Waals surface area contributed by atoms with Crippen LogP contribution in [-0.4, -0.2) is 17.0 Å². The van der Waals surface area contributed by atoms with E-state index in [0.29, 0.717) is 18.1 Å². The van der Waals surface area contributed by atoms with Gasteiger partial charge in [-0.2, -0.15) is 0 Å². The number of Topliss-reactive ketones (excluding diaryl/α,β-unsaturated/α-hetero) is 1. The first-order valence-electron chi connectivity index (χ1n) is 8.36. The largest absolute Gasteiger partial charge is 1.00 e. The number of halogens is 2. The highest BCUT2D eigenvalue weighted by Crippen LogP contribution is 2.23. The minimum atomic E-state index is 0. The van der Waals surface area contributed by atoms with Gasteiger partial charge < -0.3 is 21.7 Å². The minimum absolute atomic E-state index is 0. The highest BCUT2D eigenvalue weighted by molar-refractivity contribution is 9.10. The number of hydrogen-bond acceptors (Lipinski definition) is 3. The maximum atomic E-state index is 12.5. The third-order valence-electron chi connectivity index (χ3n) is 4.22. The standard InChI is InChI=1S/C20H20BrN3O2.BrH/c1-3-26-17-10-6-14(7-11-17)18-12-24(20(22)23(18)2)13-19(25)15-4-8-16(21)9-5-15;/h4-12,22H,3,13H2,1-2H3;1H. The van der Waals surface area contributed by atoms with Crippen LogP contribution in [0.4, 0.5) is 5.95 Å². The fraction of sp³-hybridized carbons (Fsp3) is 0.200. The van der Waals surface area contributed by atoms with Crippen molar-refractivity contribution in [1.29, 1.82) is 0 Å². The molecule has 1 aromatic heterocycles. The number of carbonyl (C=O) groups is 1. The molecule has 0 aliphatic carbocycles. The number of nitrogens with two attached hydrogens (primary N) is 1. The van der Waals surface area contributed by atoms with Crippen LogP contribution in [0, 0.1) is 0 Å². The number of anilines is 1. The molecule has 3 aromatic rings. The molecular formula is C20H21Br2N3O2. The summed E-state index contributed by atoms with van der Waals surface area (Å²) < 4.78 is 10.1. The Kier molecular flexibility index (Phi) is 7.21. The Hall–Kier alpha value is -2.12. The fourth-order valence-corrected chi connectivity index (χ4v) is 3.05. The molecule has 0 spiro atoms. The SMILES string of the molecule is CCOc1ccc(-c2c[n+](CC(=O)c3ccc(Br)cc3)c(N)n2C)cc1.[Br-]. The summed E-state index contributed by atoms with van der Waals surface area (Å²) in [5.41, 5.74) is 8.82. The van der Waals surface area contributed by atoms with E-state index in [1.165, 1.54) is 0 Å². The molecule has 7 heteroatoms. The maximum absolute atomic E-state index is 12.5. The number of benzene rings is 2. The lowest BCUT2D eigenvalue weighted by atomic mass is 10.1. The van der Waals surface area contributed by atoms with Crippen LogP contribution in [0.2, 0.25) is 0 Å². The van der Waals surface area contributed by atoms with E-state index in [0.717, 1.165) is 21.5 Å². The Morgan fingerprint density at radius 2 is 1.78 bits per heavy atom. The summed E-state index contributed by atoms with van der Waals surface area (Å²) in [6.07, 6.45) is 1.90. The molecular weight excluding hydrogens is 474 g/mol. The van der Waals surface area contributed by atoms with E-state index in [1.54, 1.807) is 16.7 Å². The lowest BCUT2D eigenvalue weighted by Gasteiger charge is -2.03. The van der Waals surface area contributed by atoms with E-state index in [1.807, 2.05) is 61.1 Å². The molecule has 0 amide bonds. The summed E-state index contributed by atoms with van der Waals surface area (Å²) in [5, 5.41) is 0. The predicted octanol–water partition coefficient (Wildman–Crippen LogP) is 0.610. The Bertz CT molecular complexity index is 920. The summed E-state index contributed by atoms with van der Waals surface area (Å²) in [4.78, 5) is 12.5. The van der Waals surface area contributed by atoms with E-state index in [2.05, 4.69) is 15.9 Å². The molecule has 142 valence electrons. The number of rotatable bonds is 6. The Balaban J connectivity index is 0.00000261. The zero-order valence-electron chi connectivity index (χ0n) is 15.2. The Morgan fingerprint density at radius 1 is 1.15 bits per heavy atom. The maximum Gasteiger partial charge on any atom is 0.355 e. The molecule has 0 atom stereocenters. The van der Waals surface area contributed by atoms with Crippen LogP contribution in [0.1, 0.15) is 17.3 Å². The van der Waals surface area contributed by atoms with Crippen molar-refractivity contribution in [3.05, 3.63) is 64.8 Å². The molecule has 0 fully saturated rings. The third-order valence-corrected chi connectivity index (χ3v) is 4.75. The highest BCUT2D eigenvalue weighted by atomic mass is 79.9. The second-order valence-electron chi connectivity index (χ2n) is 5.95. The van der Waals surface area contributed by atoms with Crippen molar-refractivity contribution in [2.24, 2.45) is 7.05 Å². The first kappa shape index (κ1) is 21.2. The van der Waals surface area contributed by atoms with Gasteiger partial charge in [0, 0.05) is 15.6 Å². The van der Waals surface area contributed by atoms with Crippen LogP contribution >= 0.6 is 15.9 Å². The van der Waals surface area contributed by atoms with Crippen LogP contribution in [0.3, 0.4) is 0 Å². The summed E-state index contributed by atoms with van der Waals surface area (Å²) >= 11 is 3.38. The van der Waals surface area contributed by atoms with Crippen LogP contribution in [0.25, 0.3) is 11.3 Å². The second kappa shape index (κ2) is 9.19. The van der Waals surface area contributed by atoms with Crippen LogP contribution in [-0.2, 0) is 13.6 Å². The third kappa shape index (κ3) is 4.78. The monoisotopic (exact) mass is 493 g/mol. The molecule has 2 aromatic carbocycles. The van der Waals surface area contributed by atoms with Crippen molar-refractivity contribution in [2.75, 3.05) is 12.3 Å². The number of nitrogens with zero attached hydrogens (tertiary/aromatic N) is 2. The number of hydrogen-bond donors (Lipinski definition) is 1. The van der Waals surface area contributed by atoms with Crippen molar-refractivity contribution in [3.63, 3.8) is 0 Å². The van der Waals surface area contributed by atoms with Gasteiger partial charge >= 0.3 is 5.95 Å². The number of ether oxygens (including phenoxy) is 1. The zero-order valence-corrected chi connectivity index (χ0v) is 18.3. The fourth-order valence-electron chi connectivity index (χ4n) is 2.78. The molecule has 0 bridgehead atoms. The van der Waals surface area contributed by atoms with Gasteiger partial charge in [-0.1, -0.05) is 28.1 Å². The molecule has 0 saturated carbocycles. The summed E-state index contributed by atoms with van der Waals surface area (Å²) in [7, 11) is 1.89. The molecule has 0 unspecified atom stereocenters. The summed E-state index contributed by atoms with van der Waals surface area (Å²) in [5.74, 6) is 1.37. The quantitative estimate of drug-likeness (QED) is 0.403. The molecule has 0 saturated heterocycles. The molecule has 27 heavy (non-hydrogen) atoms. The normalized spacial score (nSPS) is 10.3. The van der Waals surface area contributed by atoms with Gasteiger partial charge in [0.2, 0.25) is 0 Å². The average Bonchev–Trinajstić information content (AvgIpc) is 2.92. The van der Waals surface area contributed by atoms with Crippen LogP contribution < -0.4 is 32.0 Å². The van der Waals surface area contributed by atoms with E-state index in [4.69, 9.17) is 10.5 Å². The zero-order chi connectivity index (χ0) is 18.7. The lowest BCUT2D eigenvalue weighted by molar-refractivity contribution is -0.667. The van der Waals surface area contributed by atoms with Crippen molar-refractivity contribution in [2.45, 2.75) is 13.5 Å². The van der Waals surface area contributed by atoms with E-state index < -0.39 is 0 Å². The van der Waals surface area contributed by atoms with Gasteiger partial charge in [-0.15, -0.1) is 0 Å². The van der Waals surface area contributed by atoms with Gasteiger partial charge in [0.1, 0.15) is 24.2 Å². The van der Waals surface area contributed by atoms with Crippen molar-refractivity contribution < 1.29 is 31.1 Å². The number of carbonyl (C=O) groups excluding carboxylic acids is 1. The number of nitrogen functional groups attached to an aromatic ring is 1. The van der Waals surface area contributed by atoms with E-state index in [9.17, 15) is 4.79 Å². The smallest absolute Gasteiger partial charge is 0.355 e. The molecule has 3 rings (SSSR count). The Labute approximate surface area is 177 Å². The lowest BCUT2D eigenvalue weighted by Crippen LogP contribution is -3.00. The molecule has 2 N–H and O–H groups in total. The van der Waals surface area contributed by atoms with Crippen molar-refractivity contribution >= 4 is 27.7 Å². The van der Waals surface area contributed by atoms with Gasteiger partial charge in [0.25, 0.3) is 0 Å². The Morgan fingerprint density at radius 3 is 2.37 bits per heavy atom. The highest BCUT2D eigenvalue weighted by Gasteiger charge is 2.20. The van der Waals surface area contributed by atoms with Gasteiger partial charge in [0.15, 0.2) is 5.78 Å². The summed E-state index contributed by atoms with van der Waals surface area (Å²) in [6.45, 7) is 2.78. The van der Waals surface area contributed by atoms with Crippen LogP contribution in [0.15, 0.2) is 59.2 Å². The first-order valence-corrected chi connectivity index (χ1v) is 9.15.